The van der Waals surface area contributed by atoms with E-state index in [9.17, 15) is 0 Å². The second-order valence-electron chi connectivity index (χ2n) is 14.2. The summed E-state index contributed by atoms with van der Waals surface area (Å²) in [4.78, 5) is 9.06. The van der Waals surface area contributed by atoms with Crippen molar-refractivity contribution in [2.45, 2.75) is 64.6 Å². The third-order valence-corrected chi connectivity index (χ3v) is 12.5. The van der Waals surface area contributed by atoms with Crippen LogP contribution >= 0.6 is 0 Å². The van der Waals surface area contributed by atoms with Crippen LogP contribution in [-0.2, 0) is 32.9 Å². The molecule has 0 saturated heterocycles. The van der Waals surface area contributed by atoms with Gasteiger partial charge in [-0.1, -0.05) is 78.9 Å². The van der Waals surface area contributed by atoms with Crippen molar-refractivity contribution in [2.75, 3.05) is 0 Å². The van der Waals surface area contributed by atoms with Gasteiger partial charge >= 0.3 is 139 Å². The van der Waals surface area contributed by atoms with Gasteiger partial charge in [-0.3, -0.25) is 0 Å². The maximum absolute atomic E-state index is 8.60. The summed E-state index contributed by atoms with van der Waals surface area (Å²) < 4.78 is 63.8. The Kier molecular flexibility index (Phi) is 9.72. The average molecular weight is 917 g/mol. The van der Waals surface area contributed by atoms with E-state index in [1.165, 1.54) is 6.07 Å². The molecular weight excluding hydrogens is 861 g/mol. The van der Waals surface area contributed by atoms with Crippen LogP contribution in [0.5, 0.6) is 0 Å². The maximum Gasteiger partial charge on any atom is 0.121 e. The van der Waals surface area contributed by atoms with Crippen molar-refractivity contribution >= 4 is 39.6 Å². The summed E-state index contributed by atoms with van der Waals surface area (Å²) >= 11 is -2.32. The fourth-order valence-corrected chi connectivity index (χ4v) is 8.89. The van der Waals surface area contributed by atoms with Gasteiger partial charge in [0, 0.05) is 34.4 Å². The zero-order valence-electron chi connectivity index (χ0n) is 37.2. The monoisotopic (exact) mass is 918 g/mol. The third-order valence-electron chi connectivity index (χ3n) is 8.26. The summed E-state index contributed by atoms with van der Waals surface area (Å²) in [5.41, 5.74) is 8.03. The maximum atomic E-state index is 8.60. The minimum Gasteiger partial charge on any atom is -0.501 e. The average Bonchev–Trinajstić information content (AvgIpc) is 3.56. The third kappa shape index (κ3) is 9.35. The number of aromatic nitrogens is 2. The molecule has 3 aromatic heterocycles. The molecule has 0 N–H and O–H groups in total. The number of furan rings is 1. The van der Waals surface area contributed by atoms with Crippen LogP contribution < -0.4 is 4.40 Å². The number of hydrogen-bond donors (Lipinski definition) is 0. The number of benzene rings is 4. The molecule has 7 rings (SSSR count). The number of aryl methyl sites for hydroxylation is 1. The normalized spacial score (nSPS) is 14.3. The van der Waals surface area contributed by atoms with Crippen molar-refractivity contribution in [1.29, 1.82) is 0 Å². The zero-order valence-corrected chi connectivity index (χ0v) is 34.7. The Morgan fingerprint density at radius 1 is 0.784 bits per heavy atom. The number of pyridine rings is 2. The van der Waals surface area contributed by atoms with Crippen LogP contribution in [0.3, 0.4) is 0 Å². The van der Waals surface area contributed by atoms with Crippen LogP contribution in [0.25, 0.3) is 55.6 Å². The first-order chi connectivity index (χ1) is 26.7. The standard InChI is InChI=1S/C27H22NO.C19H26GeN.Ir/c1-18(2)15-19-13-14-28-25(16-19)24-10-6-9-23-22-12-11-21(17-26(22)29-27(23)24)20-7-4-3-5-8-20;1-14(2)11-17-12-19(16-9-7-15(3)8-10-16)21-13-18(17)20(4,5)6;/h3-9,11-14,16-18H,15H2,1-2H3;7-9,12-14H,11H2,1-6H3;/q2*-1;/i15D2;3D3,11D2;. The van der Waals surface area contributed by atoms with Gasteiger partial charge in [-0.2, -0.15) is 0 Å². The van der Waals surface area contributed by atoms with Crippen molar-refractivity contribution in [1.82, 2.24) is 9.97 Å². The molecule has 3 heterocycles. The van der Waals surface area contributed by atoms with Crippen LogP contribution in [0.1, 0.15) is 54.0 Å². The quantitative estimate of drug-likeness (QED) is 0.113. The van der Waals surface area contributed by atoms with Gasteiger partial charge in [0.15, 0.2) is 0 Å². The molecule has 0 spiro atoms. The second kappa shape index (κ2) is 16.7. The van der Waals surface area contributed by atoms with Gasteiger partial charge < -0.3 is 9.40 Å². The van der Waals surface area contributed by atoms with E-state index >= 15 is 0 Å². The molecule has 0 unspecified atom stereocenters. The van der Waals surface area contributed by atoms with E-state index in [-0.39, 0.29) is 37.5 Å². The minimum atomic E-state index is -2.32. The van der Waals surface area contributed by atoms with Crippen molar-refractivity contribution in [2.24, 2.45) is 11.8 Å². The molecule has 0 bridgehead atoms. The van der Waals surface area contributed by atoms with E-state index in [0.29, 0.717) is 28.1 Å². The molecule has 0 aliphatic heterocycles. The molecule has 0 amide bonds. The Bertz CT molecular complexity index is 2510. The van der Waals surface area contributed by atoms with Crippen molar-refractivity contribution in [3.63, 3.8) is 0 Å². The Morgan fingerprint density at radius 2 is 1.57 bits per heavy atom. The van der Waals surface area contributed by atoms with E-state index in [1.54, 1.807) is 24.4 Å². The Morgan fingerprint density at radius 3 is 2.25 bits per heavy atom. The van der Waals surface area contributed by atoms with Gasteiger partial charge in [0.2, 0.25) is 0 Å². The Balaban J connectivity index is 0.000000221. The Labute approximate surface area is 330 Å². The van der Waals surface area contributed by atoms with Crippen LogP contribution in [0.15, 0.2) is 114 Å². The predicted octanol–water partition coefficient (Wildman–Crippen LogP) is 11.9. The SMILES string of the molecule is [2H]C([2H])([2H])c1c[c-]c(-c2cc(C([2H])([2H])C(C)C)[c]([Ge]([CH3])([CH3])[CH3])cn2)cc1.[2H]C([2H])(c1ccnc(-c2[c-]ccc3c2oc2cc(-c4ccccc4)ccc23)c1)C(C)C.[Ir]. The molecule has 1 radical (unpaired) electrons. The van der Waals surface area contributed by atoms with Gasteiger partial charge in [-0.25, -0.2) is 0 Å². The molecule has 5 heteroatoms. The number of nitrogens with zero attached hydrogens (tertiary/aromatic N) is 2. The zero-order chi connectivity index (χ0) is 41.5. The largest absolute Gasteiger partial charge is 0.501 e. The molecule has 51 heavy (non-hydrogen) atoms. The second-order valence-corrected chi connectivity index (χ2v) is 24.7. The number of rotatable bonds is 8. The molecule has 7 aromatic rings. The summed E-state index contributed by atoms with van der Waals surface area (Å²) in [6.45, 7) is 5.38. The van der Waals surface area contributed by atoms with Gasteiger partial charge in [-0.05, 0) is 41.2 Å². The summed E-state index contributed by atoms with van der Waals surface area (Å²) in [6.07, 6.45) is 0.582. The summed E-state index contributed by atoms with van der Waals surface area (Å²) in [6, 6.07) is 36.7. The number of fused-ring (bicyclic) bond motifs is 3. The molecule has 0 saturated carbocycles. The number of hydrogen-bond acceptors (Lipinski definition) is 3. The summed E-state index contributed by atoms with van der Waals surface area (Å²) in [7, 11) is 0. The van der Waals surface area contributed by atoms with Crippen molar-refractivity contribution in [3.05, 3.63) is 138 Å². The van der Waals surface area contributed by atoms with Gasteiger partial charge in [0.1, 0.15) is 5.58 Å². The van der Waals surface area contributed by atoms with E-state index in [4.69, 9.17) is 14.0 Å². The summed E-state index contributed by atoms with van der Waals surface area (Å²) in [5.74, 6) is 6.38. The topological polar surface area (TPSA) is 38.9 Å². The van der Waals surface area contributed by atoms with E-state index in [1.807, 2.05) is 76.4 Å². The van der Waals surface area contributed by atoms with Crippen LogP contribution in [0.4, 0.5) is 0 Å². The van der Waals surface area contributed by atoms with E-state index in [2.05, 4.69) is 69.7 Å². The molecule has 0 aliphatic rings. The smallest absolute Gasteiger partial charge is 0.121 e. The van der Waals surface area contributed by atoms with E-state index in [0.717, 1.165) is 43.0 Å². The molecule has 0 atom stereocenters. The van der Waals surface area contributed by atoms with E-state index < -0.39 is 32.9 Å². The van der Waals surface area contributed by atoms with Crippen LogP contribution in [-0.4, -0.2) is 23.2 Å². The fraction of sp³-hybridized carbons (Fsp3) is 0.261. The summed E-state index contributed by atoms with van der Waals surface area (Å²) in [5, 5.41) is 2.04. The van der Waals surface area contributed by atoms with Crippen molar-refractivity contribution in [3.8, 4) is 33.6 Å². The first-order valence-electron chi connectivity index (χ1n) is 20.6. The Hall–Kier alpha value is -3.83. The van der Waals surface area contributed by atoms with Crippen LogP contribution in [0.2, 0.25) is 17.3 Å². The van der Waals surface area contributed by atoms with Crippen molar-refractivity contribution < 1.29 is 34.1 Å². The molecular formula is C46H48GeIrN2O-2. The van der Waals surface area contributed by atoms with Gasteiger partial charge in [0.25, 0.3) is 0 Å². The van der Waals surface area contributed by atoms with Crippen LogP contribution in [0, 0.1) is 30.8 Å². The molecule has 0 aliphatic carbocycles. The molecule has 263 valence electrons. The fourth-order valence-electron chi connectivity index (χ4n) is 5.95. The van der Waals surface area contributed by atoms with Gasteiger partial charge in [0.05, 0.1) is 5.58 Å². The first-order valence-corrected chi connectivity index (χ1v) is 24.5. The van der Waals surface area contributed by atoms with Gasteiger partial charge in [-0.15, -0.1) is 18.2 Å². The molecule has 3 nitrogen and oxygen atoms in total. The first kappa shape index (κ1) is 29.7. The minimum absolute atomic E-state index is 0. The predicted molar refractivity (Wildman–Crippen MR) is 215 cm³/mol. The molecule has 0 fully saturated rings. The molecule has 4 aromatic carbocycles.